The molecule has 21 heavy (non-hydrogen) atoms. The molecule has 1 unspecified atom stereocenters. The zero-order chi connectivity index (χ0) is 15.7. The van der Waals surface area contributed by atoms with Crippen LogP contribution in [0.5, 0.6) is 0 Å². The van der Waals surface area contributed by atoms with Gasteiger partial charge in [-0.2, -0.15) is 0 Å². The van der Waals surface area contributed by atoms with Crippen LogP contribution in [0.15, 0.2) is 24.3 Å². The molecule has 5 nitrogen and oxygen atoms in total. The fourth-order valence-corrected chi connectivity index (χ4v) is 1.93. The highest BCUT2D eigenvalue weighted by atomic mass is 35.5. The number of unbranched alkanes of at least 4 members (excludes halogenated alkanes) is 1. The first-order valence-electron chi connectivity index (χ1n) is 6.69. The lowest BCUT2D eigenvalue weighted by Gasteiger charge is -2.18. The largest absolute Gasteiger partial charge is 0.509 e. The Labute approximate surface area is 129 Å². The standard InChI is InChI=1S/C15H19ClO5/c1-3-4-9-20-14(17)13(21-15(18)19-2)12-8-6-5-7-11(12)10-16/h5-8,13H,3-4,9-10H2,1-2H3. The smallest absolute Gasteiger partial charge is 0.463 e. The third-order valence-corrected chi connectivity index (χ3v) is 3.11. The maximum Gasteiger partial charge on any atom is 0.509 e. The van der Waals surface area contributed by atoms with Gasteiger partial charge in [0.1, 0.15) is 0 Å². The van der Waals surface area contributed by atoms with Gasteiger partial charge in [0.25, 0.3) is 0 Å². The predicted molar refractivity (Wildman–Crippen MR) is 78.1 cm³/mol. The summed E-state index contributed by atoms with van der Waals surface area (Å²) in [6.07, 6.45) is -0.483. The summed E-state index contributed by atoms with van der Waals surface area (Å²) in [6.45, 7) is 2.26. The number of benzene rings is 1. The Balaban J connectivity index is 2.95. The molecule has 1 aromatic rings. The van der Waals surface area contributed by atoms with Crippen LogP contribution in [0.25, 0.3) is 0 Å². The Hall–Kier alpha value is -1.75. The van der Waals surface area contributed by atoms with Gasteiger partial charge in [0, 0.05) is 11.4 Å². The van der Waals surface area contributed by atoms with Crippen molar-refractivity contribution in [2.24, 2.45) is 0 Å². The van der Waals surface area contributed by atoms with Crippen LogP contribution in [0, 0.1) is 0 Å². The average Bonchev–Trinajstić information content (AvgIpc) is 2.52. The summed E-state index contributed by atoms with van der Waals surface area (Å²) in [5, 5.41) is 0. The van der Waals surface area contributed by atoms with E-state index in [1.54, 1.807) is 24.3 Å². The number of carbonyl (C=O) groups is 2. The second-order valence-electron chi connectivity index (χ2n) is 4.31. The maximum absolute atomic E-state index is 12.1. The molecule has 6 heteroatoms. The molecule has 0 spiro atoms. The molecule has 0 saturated carbocycles. The maximum atomic E-state index is 12.1. The first-order chi connectivity index (χ1) is 10.1. The molecule has 0 aliphatic carbocycles. The van der Waals surface area contributed by atoms with E-state index in [0.717, 1.165) is 12.8 Å². The number of ether oxygens (including phenoxy) is 3. The van der Waals surface area contributed by atoms with E-state index in [4.69, 9.17) is 21.1 Å². The van der Waals surface area contributed by atoms with E-state index in [1.807, 2.05) is 6.92 Å². The van der Waals surface area contributed by atoms with Gasteiger partial charge in [0.05, 0.1) is 13.7 Å². The van der Waals surface area contributed by atoms with E-state index in [9.17, 15) is 9.59 Å². The van der Waals surface area contributed by atoms with Crippen molar-refractivity contribution in [1.82, 2.24) is 0 Å². The first-order valence-corrected chi connectivity index (χ1v) is 7.22. The first kappa shape index (κ1) is 17.3. The zero-order valence-corrected chi connectivity index (χ0v) is 12.9. The summed E-state index contributed by atoms with van der Waals surface area (Å²) in [6, 6.07) is 6.96. The molecule has 1 atom stereocenters. The summed E-state index contributed by atoms with van der Waals surface area (Å²) in [5.74, 6) is -0.439. The Morgan fingerprint density at radius 3 is 2.62 bits per heavy atom. The summed E-state index contributed by atoms with van der Waals surface area (Å²) < 4.78 is 14.6. The van der Waals surface area contributed by atoms with Gasteiger partial charge in [-0.3, -0.25) is 0 Å². The van der Waals surface area contributed by atoms with Gasteiger partial charge in [0.15, 0.2) is 0 Å². The second-order valence-corrected chi connectivity index (χ2v) is 4.57. The number of hydrogen-bond donors (Lipinski definition) is 0. The van der Waals surface area contributed by atoms with Crippen LogP contribution in [-0.4, -0.2) is 25.8 Å². The van der Waals surface area contributed by atoms with E-state index in [-0.39, 0.29) is 12.5 Å². The third-order valence-electron chi connectivity index (χ3n) is 2.82. The molecule has 0 heterocycles. The summed E-state index contributed by atoms with van der Waals surface area (Å²) in [4.78, 5) is 23.5. The summed E-state index contributed by atoms with van der Waals surface area (Å²) in [7, 11) is 1.18. The minimum Gasteiger partial charge on any atom is -0.463 e. The Morgan fingerprint density at radius 1 is 1.29 bits per heavy atom. The van der Waals surface area contributed by atoms with Gasteiger partial charge in [-0.15, -0.1) is 11.6 Å². The lowest BCUT2D eigenvalue weighted by atomic mass is 10.0. The van der Waals surface area contributed by atoms with Crippen LogP contribution >= 0.6 is 11.6 Å². The van der Waals surface area contributed by atoms with E-state index < -0.39 is 18.2 Å². The molecular formula is C15H19ClO5. The number of esters is 1. The molecular weight excluding hydrogens is 296 g/mol. The predicted octanol–water partition coefficient (Wildman–Crippen LogP) is 3.59. The molecule has 0 saturated heterocycles. The number of carbonyl (C=O) groups excluding carboxylic acids is 2. The highest BCUT2D eigenvalue weighted by Gasteiger charge is 2.28. The van der Waals surface area contributed by atoms with Crippen LogP contribution in [0.3, 0.4) is 0 Å². The van der Waals surface area contributed by atoms with Gasteiger partial charge in [-0.25, -0.2) is 9.59 Å². The minimum atomic E-state index is -1.18. The van der Waals surface area contributed by atoms with Crippen molar-refractivity contribution in [3.8, 4) is 0 Å². The van der Waals surface area contributed by atoms with Gasteiger partial charge in [-0.1, -0.05) is 37.6 Å². The lowest BCUT2D eigenvalue weighted by molar-refractivity contribution is -0.155. The molecule has 0 radical (unpaired) electrons. The molecule has 116 valence electrons. The third kappa shape index (κ3) is 5.27. The van der Waals surface area contributed by atoms with Crippen molar-refractivity contribution in [3.63, 3.8) is 0 Å². The topological polar surface area (TPSA) is 61.8 Å². The zero-order valence-electron chi connectivity index (χ0n) is 12.1. The van der Waals surface area contributed by atoms with Crippen LogP contribution in [-0.2, 0) is 24.9 Å². The van der Waals surface area contributed by atoms with E-state index in [2.05, 4.69) is 4.74 Å². The van der Waals surface area contributed by atoms with E-state index in [1.165, 1.54) is 7.11 Å². The van der Waals surface area contributed by atoms with Crippen molar-refractivity contribution < 1.29 is 23.8 Å². The van der Waals surface area contributed by atoms with E-state index in [0.29, 0.717) is 11.1 Å². The lowest BCUT2D eigenvalue weighted by Crippen LogP contribution is -2.23. The van der Waals surface area contributed by atoms with Gasteiger partial charge < -0.3 is 14.2 Å². The van der Waals surface area contributed by atoms with Crippen LogP contribution in [0.4, 0.5) is 4.79 Å². The number of alkyl halides is 1. The number of halogens is 1. The summed E-state index contributed by atoms with van der Waals surface area (Å²) >= 11 is 5.85. The van der Waals surface area contributed by atoms with Crippen LogP contribution in [0.2, 0.25) is 0 Å². The normalized spacial score (nSPS) is 11.6. The van der Waals surface area contributed by atoms with Gasteiger partial charge >= 0.3 is 12.1 Å². The molecule has 1 rings (SSSR count). The molecule has 0 bridgehead atoms. The number of hydrogen-bond acceptors (Lipinski definition) is 5. The molecule has 0 aliphatic heterocycles. The van der Waals surface area contributed by atoms with Crippen molar-refractivity contribution >= 4 is 23.7 Å². The van der Waals surface area contributed by atoms with E-state index >= 15 is 0 Å². The monoisotopic (exact) mass is 314 g/mol. The van der Waals surface area contributed by atoms with Crippen LogP contribution in [0.1, 0.15) is 37.0 Å². The van der Waals surface area contributed by atoms with Crippen molar-refractivity contribution in [2.45, 2.75) is 31.7 Å². The number of rotatable bonds is 7. The highest BCUT2D eigenvalue weighted by molar-refractivity contribution is 6.17. The molecule has 0 amide bonds. The van der Waals surface area contributed by atoms with Gasteiger partial charge in [0.2, 0.25) is 6.10 Å². The SMILES string of the molecule is CCCCOC(=O)C(OC(=O)OC)c1ccccc1CCl. The van der Waals surface area contributed by atoms with Crippen LogP contribution < -0.4 is 0 Å². The summed E-state index contributed by atoms with van der Waals surface area (Å²) in [5.41, 5.74) is 1.19. The van der Waals surface area contributed by atoms with Crippen molar-refractivity contribution in [1.29, 1.82) is 0 Å². The van der Waals surface area contributed by atoms with Crippen molar-refractivity contribution in [3.05, 3.63) is 35.4 Å². The minimum absolute atomic E-state index is 0.194. The quantitative estimate of drug-likeness (QED) is 0.437. The molecule has 0 N–H and O–H groups in total. The molecule has 0 aromatic heterocycles. The Morgan fingerprint density at radius 2 is 2.00 bits per heavy atom. The van der Waals surface area contributed by atoms with Crippen molar-refractivity contribution in [2.75, 3.05) is 13.7 Å². The molecule has 1 aromatic carbocycles. The Kier molecular flexibility index (Phi) is 7.61. The molecule has 0 aliphatic rings. The second kappa shape index (κ2) is 9.23. The fourth-order valence-electron chi connectivity index (χ4n) is 1.69. The van der Waals surface area contributed by atoms with Gasteiger partial charge in [-0.05, 0) is 12.0 Å². The highest BCUT2D eigenvalue weighted by Crippen LogP contribution is 2.25. The fraction of sp³-hybridized carbons (Fsp3) is 0.467. The molecule has 0 fully saturated rings. The number of methoxy groups -OCH3 is 1. The Bertz CT molecular complexity index is 475. The average molecular weight is 315 g/mol.